The SMILES string of the molecule is CCCCCC1COC(c2ccc(-c3ccc(OCc4cc(F)c(C(F)(F)Oc5cc(F)c(F)c(F)c5)c(F)c4)c(F)c3)cc2)OC1. The standard InChI is InChI=1S/C35H30F8O4/c1-2-3-4-5-20-17-45-34(46-18-20)23-8-6-22(7-9-23)24-10-11-31(26(36)14-24)44-19-21-12-27(37)32(28(38)13-21)35(42,43)47-25-15-29(39)33(41)30(40)16-25/h6-16,20,34H,2-5,17-19H2,1H3. The smallest absolute Gasteiger partial charge is 0.432 e. The van der Waals surface area contributed by atoms with Gasteiger partial charge in [-0.25, -0.2) is 26.3 Å². The van der Waals surface area contributed by atoms with Gasteiger partial charge in [0.1, 0.15) is 29.6 Å². The Labute approximate surface area is 265 Å². The first-order valence-corrected chi connectivity index (χ1v) is 14.9. The van der Waals surface area contributed by atoms with Gasteiger partial charge in [0, 0.05) is 23.6 Å². The molecule has 0 N–H and O–H groups in total. The van der Waals surface area contributed by atoms with Crippen LogP contribution in [0.1, 0.15) is 55.6 Å². The van der Waals surface area contributed by atoms with Crippen LogP contribution in [0.3, 0.4) is 0 Å². The summed E-state index contributed by atoms with van der Waals surface area (Å²) in [6, 6.07) is 12.6. The van der Waals surface area contributed by atoms with E-state index in [1.807, 2.05) is 12.1 Å². The number of rotatable bonds is 12. The highest BCUT2D eigenvalue weighted by molar-refractivity contribution is 5.64. The third kappa shape index (κ3) is 8.23. The summed E-state index contributed by atoms with van der Waals surface area (Å²) in [7, 11) is 0. The van der Waals surface area contributed by atoms with E-state index < -0.39 is 65.2 Å². The van der Waals surface area contributed by atoms with Gasteiger partial charge in [-0.2, -0.15) is 8.78 Å². The van der Waals surface area contributed by atoms with Crippen molar-refractivity contribution in [2.45, 2.75) is 51.6 Å². The summed E-state index contributed by atoms with van der Waals surface area (Å²) < 4.78 is 134. The Morgan fingerprint density at radius 2 is 1.34 bits per heavy atom. The van der Waals surface area contributed by atoms with Gasteiger partial charge in [0.2, 0.25) is 0 Å². The largest absolute Gasteiger partial charge is 0.486 e. The van der Waals surface area contributed by atoms with Crippen LogP contribution in [0.4, 0.5) is 35.1 Å². The molecule has 0 aliphatic carbocycles. The predicted octanol–water partition coefficient (Wildman–Crippen LogP) is 10.1. The first-order chi connectivity index (χ1) is 22.4. The van der Waals surface area contributed by atoms with Crippen LogP contribution in [0.25, 0.3) is 11.1 Å². The van der Waals surface area contributed by atoms with E-state index in [4.69, 9.17) is 14.2 Å². The molecule has 0 atom stereocenters. The van der Waals surface area contributed by atoms with Crippen molar-refractivity contribution < 1.29 is 54.1 Å². The highest BCUT2D eigenvalue weighted by Gasteiger charge is 2.41. The van der Waals surface area contributed by atoms with Crippen LogP contribution < -0.4 is 9.47 Å². The van der Waals surface area contributed by atoms with Crippen LogP contribution in [-0.4, -0.2) is 13.2 Å². The van der Waals surface area contributed by atoms with Gasteiger partial charge < -0.3 is 18.9 Å². The molecule has 0 spiro atoms. The molecular weight excluding hydrogens is 636 g/mol. The Hall–Kier alpha value is -4.16. The molecule has 12 heteroatoms. The van der Waals surface area contributed by atoms with Crippen molar-refractivity contribution in [1.29, 1.82) is 0 Å². The molecule has 250 valence electrons. The van der Waals surface area contributed by atoms with Gasteiger partial charge in [-0.1, -0.05) is 56.5 Å². The van der Waals surface area contributed by atoms with Gasteiger partial charge >= 0.3 is 6.11 Å². The van der Waals surface area contributed by atoms with Crippen LogP contribution in [0.5, 0.6) is 11.5 Å². The molecule has 0 saturated carbocycles. The van der Waals surface area contributed by atoms with Crippen LogP contribution in [-0.2, 0) is 22.2 Å². The number of hydrogen-bond donors (Lipinski definition) is 0. The van der Waals surface area contributed by atoms with Crippen molar-refractivity contribution in [3.05, 3.63) is 118 Å². The van der Waals surface area contributed by atoms with Gasteiger partial charge in [0.15, 0.2) is 35.3 Å². The summed E-state index contributed by atoms with van der Waals surface area (Å²) in [5.74, 6) is -11.0. The Bertz CT molecular complexity index is 1640. The van der Waals surface area contributed by atoms with Crippen LogP contribution in [0.2, 0.25) is 0 Å². The van der Waals surface area contributed by atoms with Crippen LogP contribution >= 0.6 is 0 Å². The van der Waals surface area contributed by atoms with Gasteiger partial charge in [0.25, 0.3) is 0 Å². The molecule has 47 heavy (non-hydrogen) atoms. The topological polar surface area (TPSA) is 36.9 Å². The summed E-state index contributed by atoms with van der Waals surface area (Å²) in [6.45, 7) is 2.80. The zero-order valence-electron chi connectivity index (χ0n) is 25.1. The third-order valence-electron chi connectivity index (χ3n) is 7.62. The molecule has 1 fully saturated rings. The highest BCUT2D eigenvalue weighted by atomic mass is 19.3. The summed E-state index contributed by atoms with van der Waals surface area (Å²) >= 11 is 0. The van der Waals surface area contributed by atoms with Crippen molar-refractivity contribution >= 4 is 0 Å². The molecule has 0 aromatic heterocycles. The van der Waals surface area contributed by atoms with Gasteiger partial charge in [-0.3, -0.25) is 0 Å². The van der Waals surface area contributed by atoms with Crippen molar-refractivity contribution in [2.75, 3.05) is 13.2 Å². The van der Waals surface area contributed by atoms with E-state index in [2.05, 4.69) is 11.7 Å². The predicted molar refractivity (Wildman–Crippen MR) is 156 cm³/mol. The fourth-order valence-corrected chi connectivity index (χ4v) is 5.15. The maximum atomic E-state index is 14.9. The first-order valence-electron chi connectivity index (χ1n) is 14.9. The molecule has 0 amide bonds. The number of unbranched alkanes of at least 4 members (excludes halogenated alkanes) is 2. The zero-order chi connectivity index (χ0) is 33.7. The molecule has 4 aromatic carbocycles. The number of benzene rings is 4. The average molecular weight is 667 g/mol. The fourth-order valence-electron chi connectivity index (χ4n) is 5.15. The van der Waals surface area contributed by atoms with E-state index in [9.17, 15) is 35.1 Å². The van der Waals surface area contributed by atoms with Crippen LogP contribution in [0.15, 0.2) is 66.7 Å². The van der Waals surface area contributed by atoms with E-state index in [0.717, 1.165) is 24.8 Å². The summed E-state index contributed by atoms with van der Waals surface area (Å²) in [6.07, 6.45) is -0.673. The fraction of sp³-hybridized carbons (Fsp3) is 0.314. The third-order valence-corrected chi connectivity index (χ3v) is 7.62. The van der Waals surface area contributed by atoms with Gasteiger partial charge in [-0.05, 0) is 47.4 Å². The van der Waals surface area contributed by atoms with Gasteiger partial charge in [-0.15, -0.1) is 0 Å². The van der Waals surface area contributed by atoms with Crippen molar-refractivity contribution in [2.24, 2.45) is 5.92 Å². The zero-order valence-corrected chi connectivity index (χ0v) is 25.1. The first kappa shape index (κ1) is 34.2. The summed E-state index contributed by atoms with van der Waals surface area (Å²) in [5, 5.41) is 0. The number of alkyl halides is 2. The molecule has 0 radical (unpaired) electrons. The number of ether oxygens (including phenoxy) is 4. The molecule has 4 nitrogen and oxygen atoms in total. The molecule has 1 heterocycles. The number of hydrogen-bond acceptors (Lipinski definition) is 4. The Morgan fingerprint density at radius 1 is 0.723 bits per heavy atom. The molecule has 0 bridgehead atoms. The van der Waals surface area contributed by atoms with E-state index in [-0.39, 0.29) is 23.4 Å². The van der Waals surface area contributed by atoms with Gasteiger partial charge in [0.05, 0.1) is 13.2 Å². The van der Waals surface area contributed by atoms with E-state index in [0.29, 0.717) is 42.4 Å². The van der Waals surface area contributed by atoms with Crippen molar-refractivity contribution in [3.63, 3.8) is 0 Å². The minimum atomic E-state index is -4.74. The van der Waals surface area contributed by atoms with Crippen molar-refractivity contribution in [1.82, 2.24) is 0 Å². The minimum absolute atomic E-state index is 0.102. The molecular formula is C35H30F8O4. The normalized spacial score (nSPS) is 16.7. The monoisotopic (exact) mass is 666 g/mol. The second kappa shape index (κ2) is 14.7. The lowest BCUT2D eigenvalue weighted by Crippen LogP contribution is -2.27. The molecule has 0 unspecified atom stereocenters. The Balaban J connectivity index is 1.20. The average Bonchev–Trinajstić information content (AvgIpc) is 3.03. The lowest BCUT2D eigenvalue weighted by Gasteiger charge is -2.29. The lowest BCUT2D eigenvalue weighted by molar-refractivity contribution is -0.206. The van der Waals surface area contributed by atoms with Crippen LogP contribution in [0, 0.1) is 40.8 Å². The van der Waals surface area contributed by atoms with E-state index in [1.165, 1.54) is 18.6 Å². The number of halogens is 8. The molecule has 1 aliphatic rings. The Kier molecular flexibility index (Phi) is 10.7. The minimum Gasteiger partial charge on any atom is -0.486 e. The quantitative estimate of drug-likeness (QED) is 0.0857. The molecule has 5 rings (SSSR count). The molecule has 4 aromatic rings. The summed E-state index contributed by atoms with van der Waals surface area (Å²) in [4.78, 5) is 0. The molecule has 1 aliphatic heterocycles. The highest BCUT2D eigenvalue weighted by Crippen LogP contribution is 2.37. The van der Waals surface area contributed by atoms with Crippen molar-refractivity contribution in [3.8, 4) is 22.6 Å². The molecule has 1 saturated heterocycles. The summed E-state index contributed by atoms with van der Waals surface area (Å²) in [5.41, 5.74) is -0.0822. The second-order valence-electron chi connectivity index (χ2n) is 11.2. The maximum absolute atomic E-state index is 14.9. The van der Waals surface area contributed by atoms with E-state index >= 15 is 0 Å². The Morgan fingerprint density at radius 3 is 1.94 bits per heavy atom. The maximum Gasteiger partial charge on any atom is 0.432 e. The van der Waals surface area contributed by atoms with E-state index in [1.54, 1.807) is 18.2 Å². The second-order valence-corrected chi connectivity index (χ2v) is 11.2. The lowest BCUT2D eigenvalue weighted by atomic mass is 10.0.